The minimum Gasteiger partial charge on any atom is -0.338 e. The van der Waals surface area contributed by atoms with Gasteiger partial charge < -0.3 is 14.4 Å². The fourth-order valence-corrected chi connectivity index (χ4v) is 4.91. The molecule has 1 aromatic carbocycles. The largest absolute Gasteiger partial charge is 0.338 e. The van der Waals surface area contributed by atoms with Crippen molar-refractivity contribution in [2.45, 2.75) is 32.7 Å². The van der Waals surface area contributed by atoms with Crippen LogP contribution in [0, 0.1) is 13.8 Å². The number of H-pyrrole nitrogens is 1. The van der Waals surface area contributed by atoms with Gasteiger partial charge in [-0.15, -0.1) is 0 Å². The molecular formula is C25H30N8O2. The predicted octanol–water partition coefficient (Wildman–Crippen LogP) is 2.14. The van der Waals surface area contributed by atoms with E-state index in [4.69, 9.17) is 9.97 Å². The molecule has 1 saturated heterocycles. The molecule has 1 amide bonds. The molecule has 1 N–H and O–H groups in total. The molecule has 1 aliphatic heterocycles. The van der Waals surface area contributed by atoms with Crippen LogP contribution >= 0.6 is 0 Å². The zero-order valence-corrected chi connectivity index (χ0v) is 20.6. The van der Waals surface area contributed by atoms with Gasteiger partial charge >= 0.3 is 0 Å². The van der Waals surface area contributed by atoms with E-state index in [1.54, 1.807) is 15.7 Å². The fraction of sp³-hybridized carbons (Fsp3) is 0.400. The van der Waals surface area contributed by atoms with Crippen LogP contribution in [0.2, 0.25) is 0 Å². The Hall–Kier alpha value is -3.79. The molecule has 10 heteroatoms. The van der Waals surface area contributed by atoms with Gasteiger partial charge in [-0.2, -0.15) is 5.10 Å². The van der Waals surface area contributed by atoms with E-state index in [0.29, 0.717) is 36.6 Å². The first-order valence-corrected chi connectivity index (χ1v) is 11.8. The van der Waals surface area contributed by atoms with Crippen LogP contribution in [0.15, 0.2) is 35.8 Å². The number of rotatable bonds is 7. The van der Waals surface area contributed by atoms with Crippen molar-refractivity contribution in [1.82, 2.24) is 39.1 Å². The van der Waals surface area contributed by atoms with Gasteiger partial charge in [0.15, 0.2) is 11.2 Å². The predicted molar refractivity (Wildman–Crippen MR) is 135 cm³/mol. The molecule has 0 aliphatic carbocycles. The van der Waals surface area contributed by atoms with Crippen LogP contribution in [0.25, 0.3) is 27.8 Å². The molecule has 4 aromatic rings. The van der Waals surface area contributed by atoms with Gasteiger partial charge in [-0.05, 0) is 58.6 Å². The molecule has 5 rings (SSSR count). The zero-order chi connectivity index (χ0) is 24.9. The maximum absolute atomic E-state index is 14.1. The first kappa shape index (κ1) is 23.0. The van der Waals surface area contributed by atoms with E-state index in [-0.39, 0.29) is 17.4 Å². The van der Waals surface area contributed by atoms with Crippen LogP contribution in [-0.2, 0) is 11.3 Å². The Bertz CT molecular complexity index is 1500. The third-order valence-electron chi connectivity index (χ3n) is 6.72. The summed E-state index contributed by atoms with van der Waals surface area (Å²) in [5, 5.41) is 8.03. The third-order valence-corrected chi connectivity index (χ3v) is 6.72. The molecule has 0 saturated carbocycles. The number of amides is 1. The van der Waals surface area contributed by atoms with Crippen LogP contribution in [0.4, 0.5) is 0 Å². The second-order valence-corrected chi connectivity index (χ2v) is 9.46. The smallest absolute Gasteiger partial charge is 0.284 e. The van der Waals surface area contributed by atoms with Crippen molar-refractivity contribution < 1.29 is 4.79 Å². The first-order chi connectivity index (χ1) is 16.8. The Balaban J connectivity index is 1.67. The van der Waals surface area contributed by atoms with Gasteiger partial charge in [-0.3, -0.25) is 19.3 Å². The van der Waals surface area contributed by atoms with Gasteiger partial charge in [0.05, 0.1) is 23.3 Å². The number of nitrogens with one attached hydrogen (secondary N) is 1. The number of benzene rings is 1. The van der Waals surface area contributed by atoms with E-state index in [0.717, 1.165) is 40.9 Å². The number of carbonyl (C=O) groups is 1. The maximum Gasteiger partial charge on any atom is 0.284 e. The lowest BCUT2D eigenvalue weighted by Crippen LogP contribution is -2.48. The molecule has 1 fully saturated rings. The van der Waals surface area contributed by atoms with Gasteiger partial charge in [0.1, 0.15) is 11.6 Å². The fourth-order valence-electron chi connectivity index (χ4n) is 4.91. The Morgan fingerprint density at radius 1 is 1.26 bits per heavy atom. The Kier molecular flexibility index (Phi) is 5.76. The summed E-state index contributed by atoms with van der Waals surface area (Å²) in [6.45, 7) is 10.0. The van der Waals surface area contributed by atoms with Crippen molar-refractivity contribution >= 4 is 28.0 Å². The minimum atomic E-state index is -0.147. The standard InChI is InChI=1S/C25H30N8O2/c1-6-20(34)31-13-17(14-31)24-28-23-22(32(24)11-7-10-30(4)5)25(35)33(16(3)27-23)21-15(2)8-9-19-18(21)12-26-29-19/h6,8-9,12,17H,1,7,10-11,13-14H2,2-5H3,(H,26,29). The average molecular weight is 475 g/mol. The number of likely N-dealkylation sites (tertiary alicyclic amines) is 1. The molecule has 35 heavy (non-hydrogen) atoms. The first-order valence-electron chi connectivity index (χ1n) is 11.8. The van der Waals surface area contributed by atoms with Crippen molar-refractivity contribution in [2.75, 3.05) is 33.7 Å². The van der Waals surface area contributed by atoms with E-state index in [9.17, 15) is 9.59 Å². The number of hydrogen-bond acceptors (Lipinski definition) is 6. The third kappa shape index (κ3) is 3.83. The highest BCUT2D eigenvalue weighted by atomic mass is 16.2. The molecule has 0 unspecified atom stereocenters. The number of imidazole rings is 1. The van der Waals surface area contributed by atoms with Crippen LogP contribution in [-0.4, -0.2) is 78.7 Å². The second-order valence-electron chi connectivity index (χ2n) is 9.46. The molecule has 0 bridgehead atoms. The summed E-state index contributed by atoms with van der Waals surface area (Å²) in [5.74, 6) is 1.35. The lowest BCUT2D eigenvalue weighted by atomic mass is 9.99. The molecule has 4 heterocycles. The number of hydrogen-bond donors (Lipinski definition) is 1. The molecule has 1 aliphatic rings. The average Bonchev–Trinajstić information content (AvgIpc) is 3.39. The maximum atomic E-state index is 14.1. The van der Waals surface area contributed by atoms with E-state index in [1.165, 1.54) is 6.08 Å². The van der Waals surface area contributed by atoms with E-state index >= 15 is 0 Å². The highest BCUT2D eigenvalue weighted by Crippen LogP contribution is 2.30. The van der Waals surface area contributed by atoms with E-state index in [1.807, 2.05) is 44.6 Å². The highest BCUT2D eigenvalue weighted by molar-refractivity contribution is 5.89. The Morgan fingerprint density at radius 2 is 2.03 bits per heavy atom. The second kappa shape index (κ2) is 8.77. The molecule has 0 atom stereocenters. The van der Waals surface area contributed by atoms with Crippen molar-refractivity contribution in [3.05, 3.63) is 58.6 Å². The normalized spacial score (nSPS) is 14.3. The SMILES string of the molecule is C=CC(=O)N1CC(c2nc3nc(C)n(-c4c(C)ccc5[nH]ncc45)c(=O)c3n2CCCN(C)C)C1. The minimum absolute atomic E-state index is 0.0552. The Morgan fingerprint density at radius 3 is 2.74 bits per heavy atom. The lowest BCUT2D eigenvalue weighted by Gasteiger charge is -2.38. The Labute approximate surface area is 202 Å². The van der Waals surface area contributed by atoms with Crippen LogP contribution in [0.3, 0.4) is 0 Å². The summed E-state index contributed by atoms with van der Waals surface area (Å²) < 4.78 is 3.70. The summed E-state index contributed by atoms with van der Waals surface area (Å²) in [5.41, 5.74) is 3.40. The number of aromatic nitrogens is 6. The van der Waals surface area contributed by atoms with Crippen molar-refractivity contribution in [3.8, 4) is 5.69 Å². The number of aromatic amines is 1. The van der Waals surface area contributed by atoms with Crippen molar-refractivity contribution in [1.29, 1.82) is 0 Å². The number of nitrogens with zero attached hydrogens (tertiary/aromatic N) is 7. The van der Waals surface area contributed by atoms with Gasteiger partial charge in [-0.25, -0.2) is 9.97 Å². The van der Waals surface area contributed by atoms with Crippen LogP contribution in [0.5, 0.6) is 0 Å². The van der Waals surface area contributed by atoms with Gasteiger partial charge in [-0.1, -0.05) is 12.6 Å². The van der Waals surface area contributed by atoms with Gasteiger partial charge in [0.25, 0.3) is 5.56 Å². The topological polar surface area (TPSA) is 105 Å². The van der Waals surface area contributed by atoms with Crippen molar-refractivity contribution in [2.24, 2.45) is 0 Å². The molecule has 0 radical (unpaired) electrons. The summed E-state index contributed by atoms with van der Waals surface area (Å²) in [4.78, 5) is 39.5. The number of fused-ring (bicyclic) bond motifs is 2. The molecule has 182 valence electrons. The number of aryl methyl sites for hydroxylation is 3. The number of carbonyl (C=O) groups excluding carboxylic acids is 1. The summed E-state index contributed by atoms with van der Waals surface area (Å²) in [6.07, 6.45) is 3.93. The quantitative estimate of drug-likeness (QED) is 0.412. The summed E-state index contributed by atoms with van der Waals surface area (Å²) in [6, 6.07) is 3.94. The van der Waals surface area contributed by atoms with Gasteiger partial charge in [0, 0.05) is 25.0 Å². The molecule has 10 nitrogen and oxygen atoms in total. The zero-order valence-electron chi connectivity index (χ0n) is 20.6. The van der Waals surface area contributed by atoms with Crippen molar-refractivity contribution in [3.63, 3.8) is 0 Å². The summed E-state index contributed by atoms with van der Waals surface area (Å²) in [7, 11) is 4.06. The monoisotopic (exact) mass is 474 g/mol. The lowest BCUT2D eigenvalue weighted by molar-refractivity contribution is -0.130. The van der Waals surface area contributed by atoms with E-state index < -0.39 is 0 Å². The molecule has 0 spiro atoms. The summed E-state index contributed by atoms with van der Waals surface area (Å²) >= 11 is 0. The molecular weight excluding hydrogens is 444 g/mol. The van der Waals surface area contributed by atoms with Gasteiger partial charge in [0.2, 0.25) is 5.91 Å². The van der Waals surface area contributed by atoms with Crippen LogP contribution < -0.4 is 5.56 Å². The van der Waals surface area contributed by atoms with Crippen LogP contribution in [0.1, 0.15) is 29.6 Å². The van der Waals surface area contributed by atoms with E-state index in [2.05, 4.69) is 21.7 Å². The molecule has 3 aromatic heterocycles. The highest BCUT2D eigenvalue weighted by Gasteiger charge is 2.35.